The molecule has 1 saturated heterocycles. The number of carbonyl (C=O) groups is 1. The van der Waals surface area contributed by atoms with Crippen molar-refractivity contribution in [3.05, 3.63) is 68.6 Å². The zero-order valence-electron chi connectivity index (χ0n) is 14.7. The first-order valence-corrected chi connectivity index (χ1v) is 9.95. The molecule has 0 radical (unpaired) electrons. The van der Waals surface area contributed by atoms with Gasteiger partial charge in [0.25, 0.3) is 5.56 Å². The minimum Gasteiger partial charge on any atom is -0.350 e. The molecule has 2 aromatic rings. The maximum Gasteiger partial charge on any atom is 0.417 e. The lowest BCUT2D eigenvalue weighted by atomic mass is 9.97. The van der Waals surface area contributed by atoms with E-state index in [1.807, 2.05) is 0 Å². The lowest BCUT2D eigenvalue weighted by molar-refractivity contribution is -0.139. The Bertz CT molecular complexity index is 1000. The van der Waals surface area contributed by atoms with E-state index in [-0.39, 0.29) is 27.4 Å². The molecule has 1 aromatic carbocycles. The third-order valence-corrected chi connectivity index (χ3v) is 5.46. The molecule has 9 heteroatoms. The van der Waals surface area contributed by atoms with Gasteiger partial charge in [-0.25, -0.2) is 0 Å². The number of carbonyl (C=O) groups excluding carboxylic acids is 1. The van der Waals surface area contributed by atoms with E-state index in [2.05, 4.69) is 10.3 Å². The van der Waals surface area contributed by atoms with Crippen molar-refractivity contribution in [1.29, 1.82) is 0 Å². The number of benzene rings is 1. The molecule has 4 nitrogen and oxygen atoms in total. The number of amides is 1. The first-order valence-electron chi connectivity index (χ1n) is 8.35. The van der Waals surface area contributed by atoms with Gasteiger partial charge in [-0.15, -0.1) is 11.8 Å². The quantitative estimate of drug-likeness (QED) is 0.706. The molecule has 1 amide bonds. The Morgan fingerprint density at radius 2 is 2.00 bits per heavy atom. The molecular weight excluding hydrogens is 413 g/mol. The fraction of sp³-hybridized carbons (Fsp3) is 0.263. The van der Waals surface area contributed by atoms with Crippen LogP contribution in [0.3, 0.4) is 0 Å². The molecular formula is C19H16ClF3N2O2S. The van der Waals surface area contributed by atoms with Crippen LogP contribution in [0.1, 0.15) is 29.7 Å². The zero-order chi connectivity index (χ0) is 20.5. The van der Waals surface area contributed by atoms with Gasteiger partial charge in [0.2, 0.25) is 5.91 Å². The summed E-state index contributed by atoms with van der Waals surface area (Å²) in [4.78, 5) is 26.1. The van der Waals surface area contributed by atoms with Crippen molar-refractivity contribution in [2.24, 2.45) is 0 Å². The number of pyridine rings is 1. The minimum absolute atomic E-state index is 0.0222. The van der Waals surface area contributed by atoms with Crippen molar-refractivity contribution in [1.82, 2.24) is 10.3 Å². The highest BCUT2D eigenvalue weighted by atomic mass is 35.5. The van der Waals surface area contributed by atoms with Gasteiger partial charge in [0.1, 0.15) is 5.02 Å². The van der Waals surface area contributed by atoms with Gasteiger partial charge in [0, 0.05) is 28.6 Å². The number of halogens is 4. The van der Waals surface area contributed by atoms with Crippen molar-refractivity contribution in [3.8, 4) is 0 Å². The van der Waals surface area contributed by atoms with E-state index in [0.717, 1.165) is 17.8 Å². The molecule has 0 unspecified atom stereocenters. The standard InChI is InChI=1S/C19H16ClF3N2O2S/c1-28-16-6-2-10(8-13(16)19(21,22)23)12(9-11-3-7-17(26)24-11)15-5-4-14(20)18(27)25-15/h2,4-6,8-9,11H,3,7H2,1H3,(H,24,26)(H,25,27)/b12-9+/t11-/m1/s1. The minimum atomic E-state index is -4.52. The van der Waals surface area contributed by atoms with Crippen molar-refractivity contribution in [2.75, 3.05) is 6.26 Å². The molecule has 1 aliphatic rings. The highest BCUT2D eigenvalue weighted by Gasteiger charge is 2.34. The second kappa shape index (κ2) is 8.05. The molecule has 0 spiro atoms. The SMILES string of the molecule is CSc1ccc(/C(=C\[C@H]2CCC(=O)N2)c2ccc(Cl)c(=O)[nH]2)cc1C(F)(F)F. The molecule has 1 aromatic heterocycles. The van der Waals surface area contributed by atoms with E-state index in [0.29, 0.717) is 24.1 Å². The van der Waals surface area contributed by atoms with Gasteiger partial charge in [0.05, 0.1) is 5.56 Å². The first-order chi connectivity index (χ1) is 13.2. The van der Waals surface area contributed by atoms with Gasteiger partial charge in [-0.3, -0.25) is 9.59 Å². The average molecular weight is 429 g/mol. The van der Waals surface area contributed by atoms with E-state index in [9.17, 15) is 22.8 Å². The van der Waals surface area contributed by atoms with Crippen LogP contribution in [0.4, 0.5) is 13.2 Å². The smallest absolute Gasteiger partial charge is 0.350 e. The van der Waals surface area contributed by atoms with Crippen LogP contribution in [0, 0.1) is 0 Å². The third-order valence-electron chi connectivity index (χ3n) is 4.36. The number of alkyl halides is 3. The van der Waals surface area contributed by atoms with Crippen molar-refractivity contribution < 1.29 is 18.0 Å². The number of thioether (sulfide) groups is 1. The highest BCUT2D eigenvalue weighted by Crippen LogP contribution is 2.38. The molecule has 2 N–H and O–H groups in total. The number of hydrogen-bond donors (Lipinski definition) is 2. The van der Waals surface area contributed by atoms with Crippen LogP contribution < -0.4 is 10.9 Å². The Kier molecular flexibility index (Phi) is 5.90. The number of nitrogens with one attached hydrogen (secondary N) is 2. The Morgan fingerprint density at radius 3 is 2.57 bits per heavy atom. The Morgan fingerprint density at radius 1 is 1.25 bits per heavy atom. The number of aromatic nitrogens is 1. The number of hydrogen-bond acceptors (Lipinski definition) is 3. The average Bonchev–Trinajstić information content (AvgIpc) is 3.06. The van der Waals surface area contributed by atoms with Gasteiger partial charge in [0.15, 0.2) is 0 Å². The van der Waals surface area contributed by atoms with E-state index < -0.39 is 17.3 Å². The Balaban J connectivity index is 2.16. The molecule has 28 heavy (non-hydrogen) atoms. The molecule has 2 heterocycles. The monoisotopic (exact) mass is 428 g/mol. The summed E-state index contributed by atoms with van der Waals surface area (Å²) in [5.41, 5.74) is -0.309. The van der Waals surface area contributed by atoms with Crippen LogP contribution in [0.5, 0.6) is 0 Å². The molecule has 3 rings (SSSR count). The topological polar surface area (TPSA) is 62.0 Å². The summed E-state index contributed by atoms with van der Waals surface area (Å²) in [5, 5.41) is 2.74. The fourth-order valence-electron chi connectivity index (χ4n) is 3.02. The lowest BCUT2D eigenvalue weighted by Gasteiger charge is -2.16. The second-order valence-electron chi connectivity index (χ2n) is 6.25. The summed E-state index contributed by atoms with van der Waals surface area (Å²) in [6.45, 7) is 0. The molecule has 1 aliphatic heterocycles. The Labute approximate surface area is 168 Å². The van der Waals surface area contributed by atoms with Gasteiger partial charge < -0.3 is 10.3 Å². The largest absolute Gasteiger partial charge is 0.417 e. The lowest BCUT2D eigenvalue weighted by Crippen LogP contribution is -2.23. The molecule has 0 saturated carbocycles. The third kappa shape index (κ3) is 4.44. The molecule has 148 valence electrons. The summed E-state index contributed by atoms with van der Waals surface area (Å²) in [6.07, 6.45) is -0.418. The first kappa shape index (κ1) is 20.5. The molecule has 1 fully saturated rings. The van der Waals surface area contributed by atoms with Gasteiger partial charge >= 0.3 is 6.18 Å². The predicted molar refractivity (Wildman–Crippen MR) is 104 cm³/mol. The van der Waals surface area contributed by atoms with Crippen LogP contribution in [-0.4, -0.2) is 23.2 Å². The summed E-state index contributed by atoms with van der Waals surface area (Å²) >= 11 is 6.78. The zero-order valence-corrected chi connectivity index (χ0v) is 16.3. The normalized spacial score (nSPS) is 17.7. The van der Waals surface area contributed by atoms with Crippen LogP contribution in [-0.2, 0) is 11.0 Å². The summed E-state index contributed by atoms with van der Waals surface area (Å²) < 4.78 is 40.5. The van der Waals surface area contributed by atoms with Crippen LogP contribution >= 0.6 is 23.4 Å². The molecule has 0 aliphatic carbocycles. The van der Waals surface area contributed by atoms with E-state index in [4.69, 9.17) is 11.6 Å². The van der Waals surface area contributed by atoms with Gasteiger partial charge in [-0.1, -0.05) is 23.7 Å². The van der Waals surface area contributed by atoms with E-state index >= 15 is 0 Å². The summed E-state index contributed by atoms with van der Waals surface area (Å²) in [6, 6.07) is 6.60. The van der Waals surface area contributed by atoms with E-state index in [1.165, 1.54) is 18.2 Å². The highest BCUT2D eigenvalue weighted by molar-refractivity contribution is 7.98. The fourth-order valence-corrected chi connectivity index (χ4v) is 3.72. The molecule has 0 bridgehead atoms. The second-order valence-corrected chi connectivity index (χ2v) is 7.51. The van der Waals surface area contributed by atoms with Crippen molar-refractivity contribution in [2.45, 2.75) is 30.0 Å². The Hall–Kier alpha value is -2.19. The van der Waals surface area contributed by atoms with Gasteiger partial charge in [-0.05, 0) is 42.5 Å². The summed E-state index contributed by atoms with van der Waals surface area (Å²) in [7, 11) is 0. The van der Waals surface area contributed by atoms with Crippen molar-refractivity contribution in [3.63, 3.8) is 0 Å². The van der Waals surface area contributed by atoms with Crippen LogP contribution in [0.25, 0.3) is 5.57 Å². The molecule has 1 atom stereocenters. The number of aromatic amines is 1. The predicted octanol–water partition coefficient (Wildman–Crippen LogP) is 4.48. The number of rotatable bonds is 4. The maximum absolute atomic E-state index is 13.5. The van der Waals surface area contributed by atoms with Crippen molar-refractivity contribution >= 4 is 34.8 Å². The summed E-state index contributed by atoms with van der Waals surface area (Å²) in [5.74, 6) is -0.126. The van der Waals surface area contributed by atoms with Gasteiger partial charge in [-0.2, -0.15) is 13.2 Å². The van der Waals surface area contributed by atoms with E-state index in [1.54, 1.807) is 18.4 Å². The number of H-pyrrole nitrogens is 1. The van der Waals surface area contributed by atoms with Crippen LogP contribution in [0.2, 0.25) is 5.02 Å². The van der Waals surface area contributed by atoms with Crippen LogP contribution in [0.15, 0.2) is 46.1 Å². The maximum atomic E-state index is 13.5.